The number of hydrogen-bond donors (Lipinski definition) is 1. The second-order valence-electron chi connectivity index (χ2n) is 5.45. The van der Waals surface area contributed by atoms with Gasteiger partial charge < -0.3 is 5.11 Å². The highest BCUT2D eigenvalue weighted by atomic mass is 16.3. The van der Waals surface area contributed by atoms with Crippen LogP contribution in [0, 0.1) is 0 Å². The summed E-state index contributed by atoms with van der Waals surface area (Å²) < 4.78 is 0. The zero-order valence-corrected chi connectivity index (χ0v) is 10.0. The van der Waals surface area contributed by atoms with Crippen LogP contribution in [0.25, 0.3) is 0 Å². The molecule has 1 N–H and O–H groups in total. The molecule has 0 spiro atoms. The van der Waals surface area contributed by atoms with Crippen molar-refractivity contribution in [1.82, 2.24) is 0 Å². The molecule has 0 unspecified atom stereocenters. The molecule has 0 atom stereocenters. The number of aliphatic hydroxyl groups is 1. The van der Waals surface area contributed by atoms with Gasteiger partial charge in [-0.3, -0.25) is 0 Å². The Kier molecular flexibility index (Phi) is 3.50. The third-order valence-corrected chi connectivity index (χ3v) is 4.04. The topological polar surface area (TPSA) is 20.2 Å². The smallest absolute Gasteiger partial charge is 0.0721 e. The van der Waals surface area contributed by atoms with Gasteiger partial charge in [-0.15, -0.1) is 0 Å². The van der Waals surface area contributed by atoms with Crippen LogP contribution >= 0.6 is 0 Å². The van der Waals surface area contributed by atoms with Gasteiger partial charge in [-0.2, -0.15) is 0 Å². The van der Waals surface area contributed by atoms with E-state index in [9.17, 15) is 5.11 Å². The van der Waals surface area contributed by atoms with Crippen LogP contribution in [0.3, 0.4) is 0 Å². The molecule has 0 aromatic heterocycles. The van der Waals surface area contributed by atoms with Crippen molar-refractivity contribution in [2.45, 2.75) is 76.7 Å². The number of unbranched alkanes of at least 4 members (excludes halogenated alkanes) is 1. The highest BCUT2D eigenvalue weighted by Crippen LogP contribution is 2.43. The van der Waals surface area contributed by atoms with E-state index in [0.717, 1.165) is 19.3 Å². The molecule has 2 aliphatic carbocycles. The van der Waals surface area contributed by atoms with Gasteiger partial charge >= 0.3 is 0 Å². The molecule has 0 fully saturated rings. The van der Waals surface area contributed by atoms with E-state index in [1.54, 1.807) is 11.1 Å². The molecule has 0 heterocycles. The first kappa shape index (κ1) is 11.2. The first-order valence-corrected chi connectivity index (χ1v) is 6.66. The predicted molar refractivity (Wildman–Crippen MR) is 63.8 cm³/mol. The third-order valence-electron chi connectivity index (χ3n) is 4.04. The second kappa shape index (κ2) is 4.69. The SMILES string of the molecule is CCCCC1(O)CC2=C(CCCCC2)C1. The molecule has 0 aliphatic heterocycles. The summed E-state index contributed by atoms with van der Waals surface area (Å²) in [4.78, 5) is 0. The van der Waals surface area contributed by atoms with Crippen molar-refractivity contribution >= 4 is 0 Å². The van der Waals surface area contributed by atoms with Crippen LogP contribution in [0.1, 0.15) is 71.1 Å². The van der Waals surface area contributed by atoms with Crippen LogP contribution in [0.2, 0.25) is 0 Å². The van der Waals surface area contributed by atoms with Crippen molar-refractivity contribution in [3.05, 3.63) is 11.1 Å². The van der Waals surface area contributed by atoms with Gasteiger partial charge in [0.2, 0.25) is 0 Å². The zero-order valence-electron chi connectivity index (χ0n) is 10.0. The summed E-state index contributed by atoms with van der Waals surface area (Å²) in [6.45, 7) is 2.21. The Balaban J connectivity index is 1.96. The van der Waals surface area contributed by atoms with E-state index in [1.807, 2.05) is 0 Å². The minimum absolute atomic E-state index is 0.349. The highest BCUT2D eigenvalue weighted by Gasteiger charge is 2.35. The Hall–Kier alpha value is -0.300. The average molecular weight is 208 g/mol. The third kappa shape index (κ3) is 2.63. The fourth-order valence-electron chi connectivity index (χ4n) is 3.17. The summed E-state index contributed by atoms with van der Waals surface area (Å²) in [5.74, 6) is 0. The van der Waals surface area contributed by atoms with E-state index in [4.69, 9.17) is 0 Å². The van der Waals surface area contributed by atoms with Crippen LogP contribution in [0.15, 0.2) is 11.1 Å². The summed E-state index contributed by atoms with van der Waals surface area (Å²) in [5.41, 5.74) is 2.88. The van der Waals surface area contributed by atoms with E-state index in [2.05, 4.69) is 6.92 Å². The Morgan fingerprint density at radius 1 is 1.07 bits per heavy atom. The Labute approximate surface area is 93.6 Å². The Bertz CT molecular complexity index is 234. The van der Waals surface area contributed by atoms with Crippen molar-refractivity contribution in [1.29, 1.82) is 0 Å². The van der Waals surface area contributed by atoms with Gasteiger partial charge in [-0.25, -0.2) is 0 Å². The molecule has 2 rings (SSSR count). The van der Waals surface area contributed by atoms with Gasteiger partial charge in [-0.1, -0.05) is 37.3 Å². The Morgan fingerprint density at radius 2 is 1.67 bits per heavy atom. The molecule has 0 saturated heterocycles. The highest BCUT2D eigenvalue weighted by molar-refractivity contribution is 5.26. The molecular formula is C14H24O. The zero-order chi connectivity index (χ0) is 10.7. The minimum atomic E-state index is -0.349. The molecule has 86 valence electrons. The predicted octanol–water partition coefficient (Wildman–Crippen LogP) is 3.96. The molecular weight excluding hydrogens is 184 g/mol. The first-order valence-electron chi connectivity index (χ1n) is 6.66. The lowest BCUT2D eigenvalue weighted by Gasteiger charge is -2.23. The molecule has 15 heavy (non-hydrogen) atoms. The number of rotatable bonds is 3. The number of hydrogen-bond acceptors (Lipinski definition) is 1. The maximum absolute atomic E-state index is 10.5. The van der Waals surface area contributed by atoms with Crippen LogP contribution < -0.4 is 0 Å². The van der Waals surface area contributed by atoms with E-state index in [-0.39, 0.29) is 5.60 Å². The second-order valence-corrected chi connectivity index (χ2v) is 5.45. The quantitative estimate of drug-likeness (QED) is 0.696. The average Bonchev–Trinajstić information content (AvgIpc) is 2.38. The molecule has 0 amide bonds. The van der Waals surface area contributed by atoms with Crippen LogP contribution in [0.5, 0.6) is 0 Å². The van der Waals surface area contributed by atoms with Gasteiger partial charge in [0.1, 0.15) is 0 Å². The van der Waals surface area contributed by atoms with Gasteiger partial charge in [0.25, 0.3) is 0 Å². The first-order chi connectivity index (χ1) is 7.23. The standard InChI is InChI=1S/C14H24O/c1-2-3-9-14(15)10-12-7-5-4-6-8-13(12)11-14/h15H,2-11H2,1H3. The van der Waals surface area contributed by atoms with Gasteiger partial charge in [0.15, 0.2) is 0 Å². The van der Waals surface area contributed by atoms with Crippen molar-refractivity contribution < 1.29 is 5.11 Å². The summed E-state index contributed by atoms with van der Waals surface area (Å²) >= 11 is 0. The molecule has 0 aromatic carbocycles. The molecule has 0 radical (unpaired) electrons. The summed E-state index contributed by atoms with van der Waals surface area (Å²) in [6.07, 6.45) is 12.0. The van der Waals surface area contributed by atoms with E-state index in [0.29, 0.717) is 0 Å². The molecule has 1 nitrogen and oxygen atoms in total. The normalized spacial score (nSPS) is 25.2. The van der Waals surface area contributed by atoms with E-state index in [1.165, 1.54) is 44.9 Å². The molecule has 0 saturated carbocycles. The maximum atomic E-state index is 10.5. The van der Waals surface area contributed by atoms with E-state index >= 15 is 0 Å². The van der Waals surface area contributed by atoms with Crippen molar-refractivity contribution in [3.63, 3.8) is 0 Å². The maximum Gasteiger partial charge on any atom is 0.0721 e. The van der Waals surface area contributed by atoms with Crippen molar-refractivity contribution in [3.8, 4) is 0 Å². The Morgan fingerprint density at radius 3 is 2.20 bits per heavy atom. The molecule has 0 bridgehead atoms. The van der Waals surface area contributed by atoms with Crippen LogP contribution in [-0.4, -0.2) is 10.7 Å². The summed E-state index contributed by atoms with van der Waals surface area (Å²) in [5, 5.41) is 10.5. The molecule has 1 heteroatoms. The van der Waals surface area contributed by atoms with Crippen molar-refractivity contribution in [2.24, 2.45) is 0 Å². The minimum Gasteiger partial charge on any atom is -0.389 e. The summed E-state index contributed by atoms with van der Waals surface area (Å²) in [6, 6.07) is 0. The fraction of sp³-hybridized carbons (Fsp3) is 0.857. The molecule has 0 aromatic rings. The monoisotopic (exact) mass is 208 g/mol. The van der Waals surface area contributed by atoms with Crippen LogP contribution in [0.4, 0.5) is 0 Å². The van der Waals surface area contributed by atoms with Gasteiger partial charge in [0.05, 0.1) is 5.60 Å². The fourth-order valence-corrected chi connectivity index (χ4v) is 3.17. The lowest BCUT2D eigenvalue weighted by Crippen LogP contribution is -2.25. The van der Waals surface area contributed by atoms with E-state index < -0.39 is 0 Å². The largest absolute Gasteiger partial charge is 0.389 e. The van der Waals surface area contributed by atoms with Crippen LogP contribution in [-0.2, 0) is 0 Å². The lowest BCUT2D eigenvalue weighted by molar-refractivity contribution is 0.0384. The van der Waals surface area contributed by atoms with Gasteiger partial charge in [0, 0.05) is 0 Å². The molecule has 2 aliphatic rings. The van der Waals surface area contributed by atoms with Gasteiger partial charge in [-0.05, 0) is 44.9 Å². The van der Waals surface area contributed by atoms with Crippen molar-refractivity contribution in [2.75, 3.05) is 0 Å². The lowest BCUT2D eigenvalue weighted by atomic mass is 9.91. The summed E-state index contributed by atoms with van der Waals surface area (Å²) in [7, 11) is 0.